The summed E-state index contributed by atoms with van der Waals surface area (Å²) in [5, 5.41) is 2.40. The van der Waals surface area contributed by atoms with E-state index >= 15 is 0 Å². The summed E-state index contributed by atoms with van der Waals surface area (Å²) < 4.78 is 23.0. The van der Waals surface area contributed by atoms with Gasteiger partial charge in [0.15, 0.2) is 9.84 Å². The third kappa shape index (κ3) is 3.95. The van der Waals surface area contributed by atoms with E-state index in [0.717, 1.165) is 6.26 Å². The average molecular weight is 299 g/mol. The van der Waals surface area contributed by atoms with Gasteiger partial charge in [-0.1, -0.05) is 0 Å². The third-order valence-corrected chi connectivity index (χ3v) is 3.70. The monoisotopic (exact) mass is 299 g/mol. The Kier molecular flexibility index (Phi) is 4.72. The molecule has 0 saturated heterocycles. The van der Waals surface area contributed by atoms with Crippen LogP contribution in [0.1, 0.15) is 10.4 Å². The van der Waals surface area contributed by atoms with Gasteiger partial charge >= 0.3 is 0 Å². The molecule has 0 unspecified atom stereocenters. The molecule has 0 spiro atoms. The van der Waals surface area contributed by atoms with E-state index in [4.69, 9.17) is 5.73 Å². The fraction of sp³-hybridized carbons (Fsp3) is 0.333. The van der Waals surface area contributed by atoms with Gasteiger partial charge in [0, 0.05) is 31.6 Å². The maximum atomic E-state index is 12.1. The van der Waals surface area contributed by atoms with E-state index in [0.29, 0.717) is 0 Å². The van der Waals surface area contributed by atoms with Crippen molar-refractivity contribution in [1.82, 2.24) is 10.2 Å². The summed E-state index contributed by atoms with van der Waals surface area (Å²) in [5.74, 6) is -0.807. The van der Waals surface area contributed by atoms with E-state index in [1.54, 1.807) is 0 Å². The first-order valence-corrected chi connectivity index (χ1v) is 7.61. The predicted molar refractivity (Wildman–Crippen MR) is 75.0 cm³/mol. The van der Waals surface area contributed by atoms with Crippen LogP contribution in [0.4, 0.5) is 5.69 Å². The number of benzene rings is 1. The Bertz CT molecular complexity index is 640. The van der Waals surface area contributed by atoms with Crippen molar-refractivity contribution >= 4 is 27.3 Å². The Balaban J connectivity index is 3.11. The second-order valence-corrected chi connectivity index (χ2v) is 6.41. The molecule has 0 heterocycles. The molecule has 0 aliphatic heterocycles. The standard InChI is InChI=1S/C12H17N3O4S/c1-14-11(16)7-15(2)12(17)8-4-9(13)6-10(5-8)20(3,18)19/h4-6H,7,13H2,1-3H3,(H,14,16). The highest BCUT2D eigenvalue weighted by Crippen LogP contribution is 2.17. The molecule has 20 heavy (non-hydrogen) atoms. The third-order valence-electron chi connectivity index (χ3n) is 2.61. The number of hydrogen-bond acceptors (Lipinski definition) is 5. The Labute approximate surface area is 117 Å². The number of amides is 2. The Hall–Kier alpha value is -2.09. The Morgan fingerprint density at radius 1 is 1.30 bits per heavy atom. The van der Waals surface area contributed by atoms with Crippen LogP contribution in [-0.2, 0) is 14.6 Å². The average Bonchev–Trinajstić information content (AvgIpc) is 2.35. The molecule has 110 valence electrons. The molecule has 7 nitrogen and oxygen atoms in total. The van der Waals surface area contributed by atoms with Crippen LogP contribution < -0.4 is 11.1 Å². The molecule has 3 N–H and O–H groups in total. The van der Waals surface area contributed by atoms with Crippen LogP contribution in [0.5, 0.6) is 0 Å². The molecule has 1 aromatic rings. The second kappa shape index (κ2) is 5.91. The number of carbonyl (C=O) groups is 2. The van der Waals surface area contributed by atoms with Crippen LogP contribution in [-0.4, -0.2) is 52.0 Å². The maximum absolute atomic E-state index is 12.1. The molecule has 0 aliphatic rings. The summed E-state index contributed by atoms with van der Waals surface area (Å²) in [6.07, 6.45) is 1.03. The van der Waals surface area contributed by atoms with Crippen LogP contribution in [0.15, 0.2) is 23.1 Å². The lowest BCUT2D eigenvalue weighted by Crippen LogP contribution is -2.36. The number of carbonyl (C=O) groups excluding carboxylic acids is 2. The fourth-order valence-electron chi connectivity index (χ4n) is 1.55. The van der Waals surface area contributed by atoms with Gasteiger partial charge in [-0.15, -0.1) is 0 Å². The molecule has 0 atom stereocenters. The predicted octanol–water partition coefficient (Wildman–Crippen LogP) is -0.510. The molecule has 0 saturated carbocycles. The smallest absolute Gasteiger partial charge is 0.254 e. The highest BCUT2D eigenvalue weighted by atomic mass is 32.2. The molecule has 2 amide bonds. The quantitative estimate of drug-likeness (QED) is 0.728. The second-order valence-electron chi connectivity index (χ2n) is 4.40. The van der Waals surface area contributed by atoms with Crippen molar-refractivity contribution in [1.29, 1.82) is 0 Å². The number of nitrogens with two attached hydrogens (primary N) is 1. The maximum Gasteiger partial charge on any atom is 0.254 e. The van der Waals surface area contributed by atoms with Crippen molar-refractivity contribution in [2.45, 2.75) is 4.90 Å². The first-order valence-electron chi connectivity index (χ1n) is 5.72. The number of sulfone groups is 1. The largest absolute Gasteiger partial charge is 0.399 e. The molecule has 8 heteroatoms. The number of likely N-dealkylation sites (N-methyl/N-ethyl adjacent to an activating group) is 2. The van der Waals surface area contributed by atoms with Gasteiger partial charge in [-0.05, 0) is 18.2 Å². The lowest BCUT2D eigenvalue weighted by molar-refractivity contribution is -0.121. The number of anilines is 1. The zero-order valence-corrected chi connectivity index (χ0v) is 12.3. The topological polar surface area (TPSA) is 110 Å². The Morgan fingerprint density at radius 2 is 1.90 bits per heavy atom. The molecule has 0 fully saturated rings. The van der Waals surface area contributed by atoms with Gasteiger partial charge in [0.1, 0.15) is 0 Å². The zero-order chi connectivity index (χ0) is 15.5. The summed E-state index contributed by atoms with van der Waals surface area (Å²) in [4.78, 5) is 24.5. The van der Waals surface area contributed by atoms with Gasteiger partial charge < -0.3 is 16.0 Å². The normalized spacial score (nSPS) is 10.9. The first kappa shape index (κ1) is 16.0. The highest BCUT2D eigenvalue weighted by molar-refractivity contribution is 7.90. The van der Waals surface area contributed by atoms with E-state index < -0.39 is 15.7 Å². The van der Waals surface area contributed by atoms with Crippen LogP contribution in [0, 0.1) is 0 Å². The van der Waals surface area contributed by atoms with Gasteiger partial charge in [0.2, 0.25) is 5.91 Å². The van der Waals surface area contributed by atoms with Gasteiger partial charge in [-0.25, -0.2) is 8.42 Å². The van der Waals surface area contributed by atoms with Crippen molar-refractivity contribution in [3.63, 3.8) is 0 Å². The SMILES string of the molecule is CNC(=O)CN(C)C(=O)c1cc(N)cc(S(C)(=O)=O)c1. The molecule has 0 aromatic heterocycles. The minimum Gasteiger partial charge on any atom is -0.399 e. The molecular formula is C12H17N3O4S. The molecule has 0 radical (unpaired) electrons. The van der Waals surface area contributed by atoms with Crippen molar-refractivity contribution in [3.8, 4) is 0 Å². The van der Waals surface area contributed by atoms with Gasteiger partial charge in [0.25, 0.3) is 5.91 Å². The minimum atomic E-state index is -3.46. The van der Waals surface area contributed by atoms with Crippen molar-refractivity contribution in [3.05, 3.63) is 23.8 Å². The van der Waals surface area contributed by atoms with Crippen LogP contribution >= 0.6 is 0 Å². The van der Waals surface area contributed by atoms with Crippen molar-refractivity contribution in [2.24, 2.45) is 0 Å². The number of rotatable bonds is 4. The van der Waals surface area contributed by atoms with E-state index in [9.17, 15) is 18.0 Å². The van der Waals surface area contributed by atoms with Gasteiger partial charge in [-0.2, -0.15) is 0 Å². The van der Waals surface area contributed by atoms with E-state index in [2.05, 4.69) is 5.32 Å². The molecular weight excluding hydrogens is 282 g/mol. The van der Waals surface area contributed by atoms with Crippen LogP contribution in [0.2, 0.25) is 0 Å². The van der Waals surface area contributed by atoms with E-state index in [-0.39, 0.29) is 28.6 Å². The number of nitrogen functional groups attached to an aromatic ring is 1. The summed E-state index contributed by atoms with van der Waals surface area (Å²) in [7, 11) is -0.558. The highest BCUT2D eigenvalue weighted by Gasteiger charge is 2.17. The molecule has 0 bridgehead atoms. The van der Waals surface area contributed by atoms with Crippen LogP contribution in [0.3, 0.4) is 0 Å². The van der Waals surface area contributed by atoms with Gasteiger partial charge in [0.05, 0.1) is 11.4 Å². The molecule has 0 aliphatic carbocycles. The summed E-state index contributed by atoms with van der Waals surface area (Å²) in [6, 6.07) is 3.90. The zero-order valence-electron chi connectivity index (χ0n) is 11.5. The number of hydrogen-bond donors (Lipinski definition) is 2. The fourth-order valence-corrected chi connectivity index (χ4v) is 2.24. The number of nitrogens with zero attached hydrogens (tertiary/aromatic N) is 1. The van der Waals surface area contributed by atoms with Crippen LogP contribution in [0.25, 0.3) is 0 Å². The summed E-state index contributed by atoms with van der Waals surface area (Å²) in [5.41, 5.74) is 5.90. The summed E-state index contributed by atoms with van der Waals surface area (Å²) in [6.45, 7) is -0.127. The Morgan fingerprint density at radius 3 is 2.40 bits per heavy atom. The van der Waals surface area contributed by atoms with Crippen molar-refractivity contribution in [2.75, 3.05) is 32.6 Å². The van der Waals surface area contributed by atoms with E-state index in [1.165, 1.54) is 37.2 Å². The van der Waals surface area contributed by atoms with E-state index in [1.807, 2.05) is 0 Å². The lowest BCUT2D eigenvalue weighted by atomic mass is 10.2. The lowest BCUT2D eigenvalue weighted by Gasteiger charge is -2.16. The number of nitrogens with one attached hydrogen (secondary N) is 1. The molecule has 1 aromatic carbocycles. The van der Waals surface area contributed by atoms with Gasteiger partial charge in [-0.3, -0.25) is 9.59 Å². The first-order chi connectivity index (χ1) is 9.15. The van der Waals surface area contributed by atoms with Crippen molar-refractivity contribution < 1.29 is 18.0 Å². The molecule has 1 rings (SSSR count). The minimum absolute atomic E-state index is 0.0332. The summed E-state index contributed by atoms with van der Waals surface area (Å²) >= 11 is 0.